The van der Waals surface area contributed by atoms with E-state index in [4.69, 9.17) is 10.2 Å². The Morgan fingerprint density at radius 1 is 0.374 bits per heavy atom. The fourth-order valence-corrected chi connectivity index (χ4v) is 16.4. The molecule has 2 fully saturated rings. The number of nitrogens with zero attached hydrogens (tertiary/aromatic N) is 19. The molecule has 115 heavy (non-hydrogen) atoms. The van der Waals surface area contributed by atoms with Gasteiger partial charge < -0.3 is 31.2 Å². The highest BCUT2D eigenvalue weighted by atomic mass is 15.3. The van der Waals surface area contributed by atoms with Crippen molar-refractivity contribution in [2.75, 3.05) is 26.6 Å². The summed E-state index contributed by atoms with van der Waals surface area (Å²) in [6, 6.07) is 52.5. The maximum Gasteiger partial charge on any atom is 0.152 e. The maximum atomic E-state index is 4.81. The van der Waals surface area contributed by atoms with Crippen LogP contribution in [0.2, 0.25) is 0 Å². The number of aryl methyl sites for hydroxylation is 7. The van der Waals surface area contributed by atoms with Gasteiger partial charge in [-0.05, 0) is 200 Å². The number of hydrogen-bond donors (Lipinski definition) is 5. The summed E-state index contributed by atoms with van der Waals surface area (Å²) >= 11 is 0. The van der Waals surface area contributed by atoms with E-state index in [9.17, 15) is 0 Å². The van der Waals surface area contributed by atoms with E-state index in [1.54, 1.807) is 12.4 Å². The van der Waals surface area contributed by atoms with Gasteiger partial charge in [-0.15, -0.1) is 6.58 Å². The Bertz CT molecular complexity index is 6290. The molecule has 22 rings (SSSR count). The molecule has 5 N–H and O–H groups in total. The number of allylic oxidation sites excluding steroid dienone is 1. The Hall–Kier alpha value is -13.6. The van der Waals surface area contributed by atoms with Crippen LogP contribution in [-0.2, 0) is 59.9 Å². The molecule has 24 heteroatoms. The largest absolute Gasteiger partial charge is 0.343 e. The van der Waals surface area contributed by atoms with Crippen LogP contribution in [0, 0.1) is 40.5 Å². The zero-order valence-electron chi connectivity index (χ0n) is 65.7. The lowest BCUT2D eigenvalue weighted by Gasteiger charge is -2.26. The Morgan fingerprint density at radius 3 is 1.10 bits per heavy atom. The first-order valence-corrected chi connectivity index (χ1v) is 39.6. The third-order valence-corrected chi connectivity index (χ3v) is 22.6. The van der Waals surface area contributed by atoms with Crippen molar-refractivity contribution in [3.63, 3.8) is 0 Å². The van der Waals surface area contributed by atoms with Crippen LogP contribution in [-0.4, -0.2) is 97.8 Å². The SMILES string of the molecule is C=CCn1cc(C)c2cc(NC3=NCc4cccnc43)ccc21.Cc1nn(C)c2ccc(NC3=NCc4cccnc43)cc12.Cc1nn(C)c2ccc(NC3=NCc4cccnc43)cc12.Cc1nn(C2CCC2)c2ccc(NC3=NCc4cccnc43)cc12.Cc1nn(CC2CCCC2)c2ccc(NC3=NCc4cccnc43)cc12. The number of hydrogen-bond acceptors (Lipinski definition) is 19. The summed E-state index contributed by atoms with van der Waals surface area (Å²) in [5, 5.41) is 41.5. The topological polar surface area (TPSA) is 263 Å². The summed E-state index contributed by atoms with van der Waals surface area (Å²) in [6.45, 7) is 19.5. The summed E-state index contributed by atoms with van der Waals surface area (Å²) in [7, 11) is 3.92. The lowest BCUT2D eigenvalue weighted by molar-refractivity contribution is 0.296. The predicted molar refractivity (Wildman–Crippen MR) is 462 cm³/mol. The molecule has 2 saturated carbocycles. The van der Waals surface area contributed by atoms with Crippen molar-refractivity contribution in [3.8, 4) is 0 Å². The summed E-state index contributed by atoms with van der Waals surface area (Å²) in [4.78, 5) is 45.0. The Balaban J connectivity index is 0.0000000999. The number of fused-ring (bicyclic) bond motifs is 10. The van der Waals surface area contributed by atoms with E-state index in [2.05, 4.69) is 243 Å². The van der Waals surface area contributed by atoms with E-state index in [1.807, 2.05) is 104 Å². The van der Waals surface area contributed by atoms with Crippen LogP contribution in [0.15, 0.2) is 226 Å². The van der Waals surface area contributed by atoms with Gasteiger partial charge in [-0.1, -0.05) is 49.2 Å². The van der Waals surface area contributed by atoms with Gasteiger partial charge in [0.15, 0.2) is 29.2 Å². The van der Waals surface area contributed by atoms with Crippen LogP contribution < -0.4 is 26.6 Å². The highest BCUT2D eigenvalue weighted by Gasteiger charge is 2.27. The average molecular weight is 1520 g/mol. The van der Waals surface area contributed by atoms with Crippen LogP contribution in [0.25, 0.3) is 54.5 Å². The molecule has 10 aromatic heterocycles. The smallest absolute Gasteiger partial charge is 0.152 e. The molecule has 574 valence electrons. The fraction of sp³-hybridized carbons (Fsp3) is 0.253. The second kappa shape index (κ2) is 31.5. The standard InChI is InChI=1S/C21H23N5.C19H19N5.C19H18N4.2C16H15N5/c1-14-18-11-17(24-21-20-16(12-23-21)7-4-10-22-20)8-9-19(18)26(25-14)13-15-5-2-3-6-15;1-12-16-10-14(7-8-17(16)24(23-12)15-5-2-6-15)22-19-18-13(11-21-19)4-3-9-20-18;1-3-9-23-12-13(2)16-10-15(6-7-17(16)23)22-19-18-14(11-21-19)5-4-8-20-18;2*1-10-13-8-12(5-6-14(13)21(2)20-10)19-16-15-11(9-18-16)4-3-7-17-15/h4,7-11,15H,2-3,5-6,12-13H2,1H3,(H,23,24);3-4,7-10,15H,2,5-6,11H2,1H3,(H,21,22);3-8,10,12H,1,9,11H2,2H3,(H,21,22);2*3-8H,9H2,1-2H3,(H,18,19). The van der Waals surface area contributed by atoms with E-state index in [-0.39, 0.29) is 0 Å². The molecule has 5 aliphatic heterocycles. The Morgan fingerprint density at radius 2 is 0.713 bits per heavy atom. The van der Waals surface area contributed by atoms with Crippen LogP contribution >= 0.6 is 0 Å². The number of benzene rings is 5. The molecule has 0 radical (unpaired) electrons. The van der Waals surface area contributed by atoms with Gasteiger partial charge in [0.25, 0.3) is 0 Å². The van der Waals surface area contributed by atoms with E-state index < -0.39 is 0 Å². The van der Waals surface area contributed by atoms with Gasteiger partial charge in [-0.25, -0.2) is 0 Å². The third-order valence-electron chi connectivity index (χ3n) is 22.6. The molecule has 0 unspecified atom stereocenters. The highest BCUT2D eigenvalue weighted by molar-refractivity contribution is 6.13. The highest BCUT2D eigenvalue weighted by Crippen LogP contribution is 2.37. The molecule has 0 amide bonds. The van der Waals surface area contributed by atoms with Gasteiger partial charge in [0, 0.05) is 153 Å². The van der Waals surface area contributed by atoms with Crippen LogP contribution in [0.4, 0.5) is 28.4 Å². The molecule has 15 aromatic rings. The van der Waals surface area contributed by atoms with Crippen LogP contribution in [0.3, 0.4) is 0 Å². The molecule has 15 heterocycles. The van der Waals surface area contributed by atoms with Crippen molar-refractivity contribution in [3.05, 3.63) is 286 Å². The van der Waals surface area contributed by atoms with Crippen molar-refractivity contribution >= 4 is 112 Å². The molecular weight excluding hydrogens is 1430 g/mol. The van der Waals surface area contributed by atoms with Gasteiger partial charge in [0.1, 0.15) is 28.5 Å². The van der Waals surface area contributed by atoms with Crippen molar-refractivity contribution in [1.29, 1.82) is 0 Å². The number of anilines is 5. The van der Waals surface area contributed by atoms with Crippen LogP contribution in [0.1, 0.15) is 136 Å². The van der Waals surface area contributed by atoms with Gasteiger partial charge >= 0.3 is 0 Å². The molecule has 0 saturated heterocycles. The van der Waals surface area contributed by atoms with Crippen molar-refractivity contribution in [2.24, 2.45) is 45.0 Å². The van der Waals surface area contributed by atoms with E-state index in [0.29, 0.717) is 38.8 Å². The van der Waals surface area contributed by atoms with E-state index in [1.165, 1.54) is 111 Å². The number of pyridine rings is 5. The lowest BCUT2D eigenvalue weighted by atomic mass is 9.93. The van der Waals surface area contributed by atoms with Gasteiger partial charge in [0.2, 0.25) is 0 Å². The first-order chi connectivity index (χ1) is 56.3. The molecule has 2 aliphatic carbocycles. The predicted octanol–water partition coefficient (Wildman–Crippen LogP) is 17.3. The van der Waals surface area contributed by atoms with E-state index in [0.717, 1.165) is 150 Å². The number of aromatic nitrogens is 14. The zero-order valence-corrected chi connectivity index (χ0v) is 65.7. The minimum atomic E-state index is 0.579. The zero-order chi connectivity index (χ0) is 78.2. The molecule has 0 spiro atoms. The van der Waals surface area contributed by atoms with Crippen molar-refractivity contribution in [2.45, 2.75) is 131 Å². The summed E-state index contributed by atoms with van der Waals surface area (Å²) in [5.74, 6) is 5.02. The number of amidine groups is 5. The molecule has 5 aromatic carbocycles. The molecule has 24 nitrogen and oxygen atoms in total. The fourth-order valence-electron chi connectivity index (χ4n) is 16.4. The maximum absolute atomic E-state index is 4.81. The lowest BCUT2D eigenvalue weighted by Crippen LogP contribution is -2.18. The monoisotopic (exact) mass is 1520 g/mol. The Kier molecular flexibility index (Phi) is 20.0. The van der Waals surface area contributed by atoms with Crippen LogP contribution in [0.5, 0.6) is 0 Å². The van der Waals surface area contributed by atoms with E-state index >= 15 is 0 Å². The Labute approximate surface area is 666 Å². The van der Waals surface area contributed by atoms with Crippen molar-refractivity contribution < 1.29 is 0 Å². The number of nitrogens with one attached hydrogen (secondary N) is 5. The third kappa shape index (κ3) is 14.9. The van der Waals surface area contributed by atoms with Gasteiger partial charge in [-0.2, -0.15) is 20.4 Å². The van der Waals surface area contributed by atoms with Gasteiger partial charge in [-0.3, -0.25) is 68.6 Å². The van der Waals surface area contributed by atoms with Crippen molar-refractivity contribution in [1.82, 2.24) is 68.6 Å². The van der Waals surface area contributed by atoms with Gasteiger partial charge in [0.05, 0.1) is 83.6 Å². The first-order valence-electron chi connectivity index (χ1n) is 39.6. The second-order valence-electron chi connectivity index (χ2n) is 30.4. The average Bonchev–Trinajstić information content (AvgIpc) is 1.64. The second-order valence-corrected chi connectivity index (χ2v) is 30.4. The molecule has 0 atom stereocenters. The quantitative estimate of drug-likeness (QED) is 0.0798. The summed E-state index contributed by atoms with van der Waals surface area (Å²) in [5.41, 5.74) is 27.2. The summed E-state index contributed by atoms with van der Waals surface area (Å²) < 4.78 is 10.4. The number of aliphatic imine (C=N–C) groups is 5. The minimum absolute atomic E-state index is 0.579. The normalized spacial score (nSPS) is 14.8. The molecule has 0 bridgehead atoms. The molecule has 7 aliphatic rings. The number of rotatable bonds is 10. The first kappa shape index (κ1) is 72.9. The minimum Gasteiger partial charge on any atom is -0.343 e. The molecular formula is C91H90N24. The summed E-state index contributed by atoms with van der Waals surface area (Å²) in [6.07, 6.45) is 22.4.